The van der Waals surface area contributed by atoms with Gasteiger partial charge >= 0.3 is 0 Å². The highest BCUT2D eigenvalue weighted by Gasteiger charge is 2.12. The molecule has 0 aliphatic rings. The second-order valence-electron chi connectivity index (χ2n) is 5.77. The third-order valence-corrected chi connectivity index (χ3v) is 4.14. The van der Waals surface area contributed by atoms with Crippen LogP contribution in [0.1, 0.15) is 16.1 Å². The Morgan fingerprint density at radius 2 is 1.92 bits per heavy atom. The fourth-order valence-electron chi connectivity index (χ4n) is 2.51. The number of nitrogens with zero attached hydrogens (tertiary/aromatic N) is 3. The van der Waals surface area contributed by atoms with Crippen LogP contribution in [0.2, 0.25) is 5.02 Å². The van der Waals surface area contributed by atoms with E-state index in [0.717, 1.165) is 11.3 Å². The number of para-hydroxylation sites is 1. The molecular formula is C20H19ClN4O. The van der Waals surface area contributed by atoms with Gasteiger partial charge in [-0.25, -0.2) is 9.97 Å². The number of hydrogen-bond donors (Lipinski definition) is 1. The number of anilines is 2. The van der Waals surface area contributed by atoms with Gasteiger partial charge in [0.25, 0.3) is 5.91 Å². The SMILES string of the molecule is CN(c1ccccc1)c1nccc(C(=O)NCCc2cccc(Cl)c2)n1. The van der Waals surface area contributed by atoms with E-state index in [0.29, 0.717) is 29.6 Å². The van der Waals surface area contributed by atoms with Crippen molar-refractivity contribution in [1.82, 2.24) is 15.3 Å². The second-order valence-corrected chi connectivity index (χ2v) is 6.21. The van der Waals surface area contributed by atoms with Crippen LogP contribution >= 0.6 is 11.6 Å². The summed E-state index contributed by atoms with van der Waals surface area (Å²) in [4.78, 5) is 22.8. The standard InChI is InChI=1S/C20H19ClN4O/c1-25(17-8-3-2-4-9-17)20-23-13-11-18(24-20)19(26)22-12-10-15-6-5-7-16(21)14-15/h2-9,11,13-14H,10,12H2,1H3,(H,22,26). The van der Waals surface area contributed by atoms with E-state index in [9.17, 15) is 4.79 Å². The highest BCUT2D eigenvalue weighted by atomic mass is 35.5. The molecule has 26 heavy (non-hydrogen) atoms. The summed E-state index contributed by atoms with van der Waals surface area (Å²) in [7, 11) is 1.87. The maximum absolute atomic E-state index is 12.4. The average molecular weight is 367 g/mol. The predicted molar refractivity (Wildman–Crippen MR) is 104 cm³/mol. The Morgan fingerprint density at radius 3 is 2.69 bits per heavy atom. The van der Waals surface area contributed by atoms with E-state index in [-0.39, 0.29) is 5.91 Å². The molecule has 0 saturated heterocycles. The molecule has 0 bridgehead atoms. The lowest BCUT2D eigenvalue weighted by Gasteiger charge is -2.17. The lowest BCUT2D eigenvalue weighted by Crippen LogP contribution is -2.27. The van der Waals surface area contributed by atoms with E-state index in [4.69, 9.17) is 11.6 Å². The van der Waals surface area contributed by atoms with E-state index < -0.39 is 0 Å². The van der Waals surface area contributed by atoms with E-state index in [2.05, 4.69) is 15.3 Å². The van der Waals surface area contributed by atoms with Crippen molar-refractivity contribution in [3.05, 3.63) is 83.1 Å². The lowest BCUT2D eigenvalue weighted by atomic mass is 10.1. The quantitative estimate of drug-likeness (QED) is 0.719. The van der Waals surface area contributed by atoms with E-state index in [1.807, 2.05) is 66.5 Å². The molecule has 3 aromatic rings. The first-order valence-corrected chi connectivity index (χ1v) is 8.66. The summed E-state index contributed by atoms with van der Waals surface area (Å²) in [5.74, 6) is 0.246. The normalized spacial score (nSPS) is 10.4. The van der Waals surface area contributed by atoms with Gasteiger partial charge in [0.05, 0.1) is 0 Å². The largest absolute Gasteiger partial charge is 0.350 e. The Labute approximate surface area is 157 Å². The van der Waals surface area contributed by atoms with Gasteiger partial charge in [0.2, 0.25) is 5.95 Å². The first-order valence-electron chi connectivity index (χ1n) is 8.28. The van der Waals surface area contributed by atoms with Gasteiger partial charge in [-0.2, -0.15) is 0 Å². The summed E-state index contributed by atoms with van der Waals surface area (Å²) in [6, 6.07) is 19.0. The third-order valence-electron chi connectivity index (χ3n) is 3.91. The first-order chi connectivity index (χ1) is 12.6. The van der Waals surface area contributed by atoms with Crippen LogP contribution in [0.25, 0.3) is 0 Å². The van der Waals surface area contributed by atoms with Crippen molar-refractivity contribution >= 4 is 29.1 Å². The number of amides is 1. The van der Waals surface area contributed by atoms with Crippen LogP contribution in [0.4, 0.5) is 11.6 Å². The topological polar surface area (TPSA) is 58.1 Å². The van der Waals surface area contributed by atoms with E-state index in [1.54, 1.807) is 12.3 Å². The van der Waals surface area contributed by atoms with Crippen molar-refractivity contribution in [2.75, 3.05) is 18.5 Å². The van der Waals surface area contributed by atoms with Gasteiger partial charge < -0.3 is 10.2 Å². The van der Waals surface area contributed by atoms with E-state index in [1.165, 1.54) is 0 Å². The molecule has 2 aromatic carbocycles. The van der Waals surface area contributed by atoms with Crippen LogP contribution in [-0.4, -0.2) is 29.5 Å². The summed E-state index contributed by atoms with van der Waals surface area (Å²) in [6.45, 7) is 0.507. The summed E-state index contributed by atoms with van der Waals surface area (Å²) in [5.41, 5.74) is 2.36. The van der Waals surface area contributed by atoms with Gasteiger partial charge in [0, 0.05) is 30.5 Å². The minimum atomic E-state index is -0.225. The van der Waals surface area contributed by atoms with Crippen molar-refractivity contribution in [2.45, 2.75) is 6.42 Å². The van der Waals surface area contributed by atoms with Gasteiger partial charge in [-0.05, 0) is 42.3 Å². The Bertz CT molecular complexity index is 886. The maximum atomic E-state index is 12.4. The first kappa shape index (κ1) is 17.9. The number of aromatic nitrogens is 2. The highest BCUT2D eigenvalue weighted by molar-refractivity contribution is 6.30. The zero-order valence-electron chi connectivity index (χ0n) is 14.4. The minimum Gasteiger partial charge on any atom is -0.350 e. The molecule has 0 saturated carbocycles. The number of rotatable bonds is 6. The smallest absolute Gasteiger partial charge is 0.270 e. The number of hydrogen-bond acceptors (Lipinski definition) is 4. The van der Waals surface area contributed by atoms with Crippen LogP contribution in [0, 0.1) is 0 Å². The van der Waals surface area contributed by atoms with Crippen LogP contribution in [-0.2, 0) is 6.42 Å². The number of nitrogens with one attached hydrogen (secondary N) is 1. The van der Waals surface area contributed by atoms with Crippen molar-refractivity contribution < 1.29 is 4.79 Å². The Kier molecular flexibility index (Phi) is 5.81. The molecule has 1 N–H and O–H groups in total. The molecule has 0 radical (unpaired) electrons. The highest BCUT2D eigenvalue weighted by Crippen LogP contribution is 2.19. The zero-order chi connectivity index (χ0) is 18.4. The predicted octanol–water partition coefficient (Wildman–Crippen LogP) is 3.87. The zero-order valence-corrected chi connectivity index (χ0v) is 15.1. The molecule has 1 aromatic heterocycles. The fraction of sp³-hybridized carbons (Fsp3) is 0.150. The lowest BCUT2D eigenvalue weighted by molar-refractivity contribution is 0.0949. The van der Waals surface area contributed by atoms with Gasteiger partial charge in [0.15, 0.2) is 0 Å². The van der Waals surface area contributed by atoms with Crippen LogP contribution in [0.15, 0.2) is 66.9 Å². The number of benzene rings is 2. The molecule has 5 nitrogen and oxygen atoms in total. The number of carbonyl (C=O) groups is 1. The summed E-state index contributed by atoms with van der Waals surface area (Å²) in [5, 5.41) is 3.57. The third kappa shape index (κ3) is 4.58. The Hall–Kier alpha value is -2.92. The van der Waals surface area contributed by atoms with Crippen molar-refractivity contribution in [3.63, 3.8) is 0 Å². The Morgan fingerprint density at radius 1 is 1.12 bits per heavy atom. The van der Waals surface area contributed by atoms with Crippen molar-refractivity contribution in [3.8, 4) is 0 Å². The molecule has 0 fully saturated rings. The average Bonchev–Trinajstić information content (AvgIpc) is 2.68. The van der Waals surface area contributed by atoms with Gasteiger partial charge in [-0.1, -0.05) is 41.9 Å². The summed E-state index contributed by atoms with van der Waals surface area (Å²) in [6.07, 6.45) is 2.29. The molecule has 6 heteroatoms. The Balaban J connectivity index is 1.63. The molecule has 0 aliphatic carbocycles. The number of carbonyl (C=O) groups excluding carboxylic acids is 1. The molecule has 1 amide bonds. The van der Waals surface area contributed by atoms with Gasteiger partial charge in [-0.3, -0.25) is 4.79 Å². The molecule has 0 aliphatic heterocycles. The number of halogens is 1. The maximum Gasteiger partial charge on any atom is 0.270 e. The molecule has 1 heterocycles. The van der Waals surface area contributed by atoms with Crippen molar-refractivity contribution in [2.24, 2.45) is 0 Å². The molecule has 0 atom stereocenters. The second kappa shape index (κ2) is 8.45. The molecule has 0 spiro atoms. The van der Waals surface area contributed by atoms with Crippen molar-refractivity contribution in [1.29, 1.82) is 0 Å². The monoisotopic (exact) mass is 366 g/mol. The fourth-order valence-corrected chi connectivity index (χ4v) is 2.72. The van der Waals surface area contributed by atoms with Gasteiger partial charge in [-0.15, -0.1) is 0 Å². The van der Waals surface area contributed by atoms with Crippen LogP contribution in [0.5, 0.6) is 0 Å². The summed E-state index contributed by atoms with van der Waals surface area (Å²) >= 11 is 5.97. The van der Waals surface area contributed by atoms with Crippen LogP contribution in [0.3, 0.4) is 0 Å². The summed E-state index contributed by atoms with van der Waals surface area (Å²) < 4.78 is 0. The molecular weight excluding hydrogens is 348 g/mol. The van der Waals surface area contributed by atoms with E-state index >= 15 is 0 Å². The minimum absolute atomic E-state index is 0.225. The molecule has 132 valence electrons. The molecule has 3 rings (SSSR count). The van der Waals surface area contributed by atoms with Crippen LogP contribution < -0.4 is 10.2 Å². The van der Waals surface area contributed by atoms with Gasteiger partial charge in [0.1, 0.15) is 5.69 Å². The molecule has 0 unspecified atom stereocenters.